The lowest BCUT2D eigenvalue weighted by Crippen LogP contribution is -2.10. The third kappa shape index (κ3) is 4.62. The highest BCUT2D eigenvalue weighted by atomic mass is 35.5. The molecule has 0 saturated carbocycles. The van der Waals surface area contributed by atoms with E-state index in [0.29, 0.717) is 10.6 Å². The van der Waals surface area contributed by atoms with Crippen molar-refractivity contribution in [3.8, 4) is 0 Å². The molecule has 0 aliphatic carbocycles. The zero-order valence-corrected chi connectivity index (χ0v) is 13.9. The van der Waals surface area contributed by atoms with Crippen molar-refractivity contribution in [3.63, 3.8) is 0 Å². The molecule has 0 bridgehead atoms. The second-order valence-corrected chi connectivity index (χ2v) is 5.12. The summed E-state index contributed by atoms with van der Waals surface area (Å²) in [6.45, 7) is 4.00. The number of alkyl halides is 3. The summed E-state index contributed by atoms with van der Waals surface area (Å²) in [5, 5.41) is 8.62. The van der Waals surface area contributed by atoms with Crippen LogP contribution in [-0.4, -0.2) is 5.71 Å². The van der Waals surface area contributed by atoms with Gasteiger partial charge in [0.15, 0.2) is 0 Å². The Hall–Kier alpha value is -1.72. The molecule has 2 aromatic carbocycles. The van der Waals surface area contributed by atoms with E-state index in [1.807, 2.05) is 13.8 Å². The van der Waals surface area contributed by atoms with E-state index in [1.165, 1.54) is 18.2 Å². The summed E-state index contributed by atoms with van der Waals surface area (Å²) in [7, 11) is 0. The van der Waals surface area contributed by atoms with Crippen LogP contribution in [0.25, 0.3) is 0 Å². The molecular formula is C16H15Cl2F3N2. The quantitative estimate of drug-likeness (QED) is 0.496. The van der Waals surface area contributed by atoms with E-state index in [-0.39, 0.29) is 22.0 Å². The Kier molecular flexibility index (Phi) is 6.47. The Morgan fingerprint density at radius 2 is 1.61 bits per heavy atom. The van der Waals surface area contributed by atoms with E-state index in [0.717, 1.165) is 12.1 Å². The van der Waals surface area contributed by atoms with Crippen LogP contribution in [0.2, 0.25) is 10.0 Å². The number of anilines is 1. The van der Waals surface area contributed by atoms with Crippen LogP contribution in [-0.2, 0) is 6.18 Å². The molecule has 0 aliphatic heterocycles. The molecule has 3 N–H and O–H groups in total. The van der Waals surface area contributed by atoms with Crippen LogP contribution in [0.15, 0.2) is 36.4 Å². The minimum Gasteiger partial charge on any atom is -0.398 e. The van der Waals surface area contributed by atoms with Gasteiger partial charge in [-0.2, -0.15) is 13.2 Å². The lowest BCUT2D eigenvalue weighted by atomic mass is 9.99. The largest absolute Gasteiger partial charge is 0.416 e. The first-order valence-electron chi connectivity index (χ1n) is 6.71. The maximum absolute atomic E-state index is 12.6. The van der Waals surface area contributed by atoms with Crippen LogP contribution in [0.5, 0.6) is 0 Å². The summed E-state index contributed by atoms with van der Waals surface area (Å²) in [6, 6.07) is 7.38. The maximum Gasteiger partial charge on any atom is 0.416 e. The minimum atomic E-state index is -4.47. The van der Waals surface area contributed by atoms with Gasteiger partial charge in [-0.05, 0) is 24.3 Å². The lowest BCUT2D eigenvalue weighted by Gasteiger charge is -2.12. The summed E-state index contributed by atoms with van der Waals surface area (Å²) in [5.41, 5.74) is 5.22. The first kappa shape index (κ1) is 19.3. The molecule has 124 valence electrons. The Morgan fingerprint density at radius 1 is 1.00 bits per heavy atom. The molecular weight excluding hydrogens is 348 g/mol. The summed E-state index contributed by atoms with van der Waals surface area (Å²) >= 11 is 11.6. The molecule has 0 aliphatic rings. The van der Waals surface area contributed by atoms with Crippen LogP contribution in [0.1, 0.15) is 30.5 Å². The third-order valence-corrected chi connectivity index (χ3v) is 3.60. The van der Waals surface area contributed by atoms with Gasteiger partial charge < -0.3 is 5.73 Å². The highest BCUT2D eigenvalue weighted by Crippen LogP contribution is 2.32. The van der Waals surface area contributed by atoms with Crippen molar-refractivity contribution in [3.05, 3.63) is 63.1 Å². The molecule has 2 rings (SSSR count). The van der Waals surface area contributed by atoms with Crippen molar-refractivity contribution in [2.24, 2.45) is 0 Å². The number of rotatable bonds is 2. The van der Waals surface area contributed by atoms with Gasteiger partial charge in [0.05, 0.1) is 21.3 Å². The minimum absolute atomic E-state index is 0.0280. The van der Waals surface area contributed by atoms with Crippen molar-refractivity contribution in [2.45, 2.75) is 20.0 Å². The van der Waals surface area contributed by atoms with Crippen molar-refractivity contribution >= 4 is 34.6 Å². The van der Waals surface area contributed by atoms with Crippen LogP contribution in [0, 0.1) is 5.41 Å². The second kappa shape index (κ2) is 7.70. The molecule has 0 heterocycles. The van der Waals surface area contributed by atoms with Crippen LogP contribution < -0.4 is 5.73 Å². The summed E-state index contributed by atoms with van der Waals surface area (Å²) in [4.78, 5) is 0. The summed E-state index contributed by atoms with van der Waals surface area (Å²) in [6.07, 6.45) is -4.47. The van der Waals surface area contributed by atoms with Crippen LogP contribution >= 0.6 is 23.2 Å². The number of benzene rings is 2. The number of hydrogen-bond acceptors (Lipinski definition) is 2. The van der Waals surface area contributed by atoms with Gasteiger partial charge in [-0.25, -0.2) is 0 Å². The molecule has 0 amide bonds. The number of nitrogens with one attached hydrogen (secondary N) is 1. The molecule has 0 spiro atoms. The van der Waals surface area contributed by atoms with Crippen LogP contribution in [0.4, 0.5) is 18.9 Å². The predicted molar refractivity (Wildman–Crippen MR) is 89.6 cm³/mol. The third-order valence-electron chi connectivity index (χ3n) is 2.86. The lowest BCUT2D eigenvalue weighted by molar-refractivity contribution is -0.137. The van der Waals surface area contributed by atoms with E-state index >= 15 is 0 Å². The molecule has 0 saturated heterocycles. The van der Waals surface area contributed by atoms with Gasteiger partial charge >= 0.3 is 6.18 Å². The standard InChI is InChI=1S/C14H9Cl2F3N2.C2H6/c15-10-4-1-7(5-11(10)16)13(21)9-3-2-8(6-12(9)20)14(17,18)19;1-2/h1-6,21H,20H2;1-2H3. The highest BCUT2D eigenvalue weighted by molar-refractivity contribution is 6.42. The van der Waals surface area contributed by atoms with Gasteiger partial charge in [-0.3, -0.25) is 5.41 Å². The van der Waals surface area contributed by atoms with E-state index in [1.54, 1.807) is 6.07 Å². The van der Waals surface area contributed by atoms with Crippen molar-refractivity contribution < 1.29 is 13.2 Å². The molecule has 2 nitrogen and oxygen atoms in total. The predicted octanol–water partition coefficient (Wildman–Crippen LogP) is 6.04. The van der Waals surface area contributed by atoms with Gasteiger partial charge in [-0.15, -0.1) is 0 Å². The van der Waals surface area contributed by atoms with Crippen molar-refractivity contribution in [1.82, 2.24) is 0 Å². The highest BCUT2D eigenvalue weighted by Gasteiger charge is 2.31. The molecule has 0 radical (unpaired) electrons. The van der Waals surface area contributed by atoms with Gasteiger partial charge in [0.25, 0.3) is 0 Å². The van der Waals surface area contributed by atoms with Crippen molar-refractivity contribution in [2.75, 3.05) is 5.73 Å². The number of nitrogen functional groups attached to an aromatic ring is 1. The smallest absolute Gasteiger partial charge is 0.398 e. The molecule has 0 unspecified atom stereocenters. The van der Waals surface area contributed by atoms with Gasteiger partial charge in [0, 0.05) is 16.8 Å². The van der Waals surface area contributed by atoms with Gasteiger partial charge in [0.1, 0.15) is 0 Å². The Balaban J connectivity index is 0.00000127. The topological polar surface area (TPSA) is 49.9 Å². The molecule has 2 aromatic rings. The van der Waals surface area contributed by atoms with E-state index < -0.39 is 11.7 Å². The molecule has 0 aromatic heterocycles. The van der Waals surface area contributed by atoms with Gasteiger partial charge in [0.2, 0.25) is 0 Å². The number of halogens is 5. The number of nitrogens with two attached hydrogens (primary N) is 1. The Bertz CT molecular complexity index is 713. The molecule has 0 atom stereocenters. The summed E-state index contributed by atoms with van der Waals surface area (Å²) in [5.74, 6) is 0. The number of hydrogen-bond donors (Lipinski definition) is 2. The average molecular weight is 363 g/mol. The summed E-state index contributed by atoms with van der Waals surface area (Å²) < 4.78 is 37.7. The average Bonchev–Trinajstić information content (AvgIpc) is 2.50. The van der Waals surface area contributed by atoms with Crippen molar-refractivity contribution in [1.29, 1.82) is 5.41 Å². The fourth-order valence-corrected chi connectivity index (χ4v) is 2.07. The second-order valence-electron chi connectivity index (χ2n) is 4.30. The fourth-order valence-electron chi connectivity index (χ4n) is 1.77. The van der Waals surface area contributed by atoms with E-state index in [2.05, 4.69) is 0 Å². The monoisotopic (exact) mass is 362 g/mol. The first-order valence-corrected chi connectivity index (χ1v) is 7.47. The molecule has 7 heteroatoms. The fraction of sp³-hybridized carbons (Fsp3) is 0.188. The molecule has 0 fully saturated rings. The first-order chi connectivity index (χ1) is 10.7. The zero-order valence-electron chi connectivity index (χ0n) is 12.4. The Morgan fingerprint density at radius 3 is 2.09 bits per heavy atom. The molecule has 23 heavy (non-hydrogen) atoms. The van der Waals surface area contributed by atoms with E-state index in [4.69, 9.17) is 34.3 Å². The van der Waals surface area contributed by atoms with Gasteiger partial charge in [-0.1, -0.05) is 49.2 Å². The Labute approximate surface area is 142 Å². The van der Waals surface area contributed by atoms with Crippen LogP contribution in [0.3, 0.4) is 0 Å². The normalized spacial score (nSPS) is 10.7. The SMILES string of the molecule is CC.N=C(c1ccc(Cl)c(Cl)c1)c1ccc(C(F)(F)F)cc1N. The zero-order chi connectivity index (χ0) is 17.8. The maximum atomic E-state index is 12.6. The van der Waals surface area contributed by atoms with E-state index in [9.17, 15) is 13.2 Å².